The molecule has 1 amide bonds. The summed E-state index contributed by atoms with van der Waals surface area (Å²) in [6.07, 6.45) is 1.51. The summed E-state index contributed by atoms with van der Waals surface area (Å²) in [5.74, 6) is 0.420. The molecular formula is C19H19N3O4S2. The molecule has 0 saturated carbocycles. The van der Waals surface area contributed by atoms with E-state index in [1.165, 1.54) is 41.8 Å². The van der Waals surface area contributed by atoms with Crippen LogP contribution >= 0.6 is 11.3 Å². The SMILES string of the molecule is CCOc1ccccc1CNC(=O)c1ccc(S(=O)(=O)Nc2nccs2)cc1. The summed E-state index contributed by atoms with van der Waals surface area (Å²) >= 11 is 1.19. The van der Waals surface area contributed by atoms with Gasteiger partial charge in [-0.15, -0.1) is 11.3 Å². The number of hydrogen-bond acceptors (Lipinski definition) is 6. The summed E-state index contributed by atoms with van der Waals surface area (Å²) in [4.78, 5) is 16.3. The average Bonchev–Trinajstić information content (AvgIpc) is 3.20. The summed E-state index contributed by atoms with van der Waals surface area (Å²) in [7, 11) is -3.74. The Morgan fingerprint density at radius 1 is 1.14 bits per heavy atom. The van der Waals surface area contributed by atoms with Crippen molar-refractivity contribution in [1.82, 2.24) is 10.3 Å². The Kier molecular flexibility index (Phi) is 6.27. The molecule has 0 aliphatic heterocycles. The Bertz CT molecular complexity index is 1030. The summed E-state index contributed by atoms with van der Waals surface area (Å²) in [5, 5.41) is 4.78. The second-order valence-corrected chi connectivity index (χ2v) is 8.27. The third-order valence-electron chi connectivity index (χ3n) is 3.79. The molecule has 2 N–H and O–H groups in total. The molecule has 0 unspecified atom stereocenters. The number of sulfonamides is 1. The number of carbonyl (C=O) groups is 1. The number of thiazole rings is 1. The fourth-order valence-corrected chi connectivity index (χ4v) is 4.25. The van der Waals surface area contributed by atoms with Crippen molar-refractivity contribution in [3.63, 3.8) is 0 Å². The van der Waals surface area contributed by atoms with Crippen LogP contribution in [0, 0.1) is 0 Å². The number of para-hydroxylation sites is 1. The minimum atomic E-state index is -3.74. The van der Waals surface area contributed by atoms with Crippen molar-refractivity contribution in [2.75, 3.05) is 11.3 Å². The number of nitrogens with zero attached hydrogens (tertiary/aromatic N) is 1. The van der Waals surface area contributed by atoms with Crippen LogP contribution in [0.25, 0.3) is 0 Å². The maximum atomic E-state index is 12.4. The highest BCUT2D eigenvalue weighted by Crippen LogP contribution is 2.19. The summed E-state index contributed by atoms with van der Waals surface area (Å²) in [5.41, 5.74) is 1.23. The molecular weight excluding hydrogens is 398 g/mol. The van der Waals surface area contributed by atoms with Gasteiger partial charge in [0, 0.05) is 29.2 Å². The molecule has 0 radical (unpaired) electrons. The van der Waals surface area contributed by atoms with Crippen molar-refractivity contribution in [3.05, 3.63) is 71.2 Å². The molecule has 0 aliphatic carbocycles. The highest BCUT2D eigenvalue weighted by Gasteiger charge is 2.16. The summed E-state index contributed by atoms with van der Waals surface area (Å²) in [6, 6.07) is 13.2. The van der Waals surface area contributed by atoms with Gasteiger partial charge in [0.2, 0.25) is 0 Å². The Balaban J connectivity index is 1.65. The zero-order valence-electron chi connectivity index (χ0n) is 15.1. The number of carbonyl (C=O) groups excluding carboxylic acids is 1. The van der Waals surface area contributed by atoms with Crippen molar-refractivity contribution in [1.29, 1.82) is 0 Å². The van der Waals surface area contributed by atoms with Crippen molar-refractivity contribution in [3.8, 4) is 5.75 Å². The van der Waals surface area contributed by atoms with E-state index >= 15 is 0 Å². The fraction of sp³-hybridized carbons (Fsp3) is 0.158. The normalized spacial score (nSPS) is 11.0. The van der Waals surface area contributed by atoms with Gasteiger partial charge in [0.15, 0.2) is 5.13 Å². The number of anilines is 1. The quantitative estimate of drug-likeness (QED) is 0.586. The number of aromatic nitrogens is 1. The highest BCUT2D eigenvalue weighted by molar-refractivity contribution is 7.93. The Hall–Kier alpha value is -2.91. The third-order valence-corrected chi connectivity index (χ3v) is 5.97. The van der Waals surface area contributed by atoms with Crippen LogP contribution in [0.15, 0.2) is 65.0 Å². The molecule has 0 fully saturated rings. The van der Waals surface area contributed by atoms with Gasteiger partial charge in [-0.2, -0.15) is 0 Å². The average molecular weight is 418 g/mol. The number of benzene rings is 2. The van der Waals surface area contributed by atoms with E-state index in [4.69, 9.17) is 4.74 Å². The molecule has 9 heteroatoms. The van der Waals surface area contributed by atoms with Crippen molar-refractivity contribution >= 4 is 32.4 Å². The lowest BCUT2D eigenvalue weighted by atomic mass is 10.1. The Morgan fingerprint density at radius 2 is 1.89 bits per heavy atom. The molecule has 0 aliphatic rings. The monoisotopic (exact) mass is 417 g/mol. The van der Waals surface area contributed by atoms with E-state index in [1.807, 2.05) is 31.2 Å². The lowest BCUT2D eigenvalue weighted by Gasteiger charge is -2.11. The Labute approximate surface area is 167 Å². The van der Waals surface area contributed by atoms with Gasteiger partial charge < -0.3 is 10.1 Å². The van der Waals surface area contributed by atoms with Gasteiger partial charge >= 0.3 is 0 Å². The summed E-state index contributed by atoms with van der Waals surface area (Å²) in [6.45, 7) is 2.74. The number of hydrogen-bond donors (Lipinski definition) is 2. The second-order valence-electron chi connectivity index (χ2n) is 5.69. The van der Waals surface area contributed by atoms with E-state index in [-0.39, 0.29) is 15.9 Å². The zero-order chi connectivity index (χ0) is 20.0. The predicted octanol–water partition coefficient (Wildman–Crippen LogP) is 3.27. The van der Waals surface area contributed by atoms with Crippen LogP contribution in [-0.2, 0) is 16.6 Å². The number of amides is 1. The first kappa shape index (κ1) is 19.8. The fourth-order valence-electron chi connectivity index (χ4n) is 2.46. The summed E-state index contributed by atoms with van der Waals surface area (Å²) < 4.78 is 32.6. The molecule has 3 aromatic rings. The number of rotatable bonds is 8. The van der Waals surface area contributed by atoms with Gasteiger partial charge in [0.05, 0.1) is 11.5 Å². The van der Waals surface area contributed by atoms with Gasteiger partial charge in [-0.1, -0.05) is 18.2 Å². The topological polar surface area (TPSA) is 97.4 Å². The molecule has 0 saturated heterocycles. The van der Waals surface area contributed by atoms with E-state index < -0.39 is 10.0 Å². The van der Waals surface area contributed by atoms with Gasteiger partial charge in [-0.3, -0.25) is 9.52 Å². The highest BCUT2D eigenvalue weighted by atomic mass is 32.2. The molecule has 0 atom stereocenters. The largest absolute Gasteiger partial charge is 0.494 e. The maximum absolute atomic E-state index is 12.4. The van der Waals surface area contributed by atoms with Gasteiger partial charge in [0.25, 0.3) is 15.9 Å². The van der Waals surface area contributed by atoms with Crippen LogP contribution in [0.2, 0.25) is 0 Å². The molecule has 1 heterocycles. The molecule has 28 heavy (non-hydrogen) atoms. The molecule has 0 spiro atoms. The van der Waals surface area contributed by atoms with Crippen LogP contribution in [0.4, 0.5) is 5.13 Å². The van der Waals surface area contributed by atoms with Gasteiger partial charge in [-0.05, 0) is 37.3 Å². The van der Waals surface area contributed by atoms with Gasteiger partial charge in [-0.25, -0.2) is 13.4 Å². The van der Waals surface area contributed by atoms with E-state index in [0.717, 1.165) is 11.3 Å². The minimum Gasteiger partial charge on any atom is -0.494 e. The first-order valence-electron chi connectivity index (χ1n) is 8.51. The smallest absolute Gasteiger partial charge is 0.263 e. The molecule has 2 aromatic carbocycles. The molecule has 0 bridgehead atoms. The van der Waals surface area contributed by atoms with E-state index in [2.05, 4.69) is 15.0 Å². The zero-order valence-corrected chi connectivity index (χ0v) is 16.7. The van der Waals surface area contributed by atoms with Crippen LogP contribution in [0.5, 0.6) is 5.75 Å². The number of ether oxygens (including phenoxy) is 1. The lowest BCUT2D eigenvalue weighted by molar-refractivity contribution is 0.0950. The molecule has 7 nitrogen and oxygen atoms in total. The first-order valence-corrected chi connectivity index (χ1v) is 10.9. The molecule has 146 valence electrons. The third kappa shape index (κ3) is 4.87. The minimum absolute atomic E-state index is 0.0564. The van der Waals surface area contributed by atoms with Crippen molar-refractivity contribution in [2.45, 2.75) is 18.4 Å². The van der Waals surface area contributed by atoms with Crippen LogP contribution < -0.4 is 14.8 Å². The maximum Gasteiger partial charge on any atom is 0.263 e. The second kappa shape index (κ2) is 8.85. The lowest BCUT2D eigenvalue weighted by Crippen LogP contribution is -2.23. The van der Waals surface area contributed by atoms with Crippen LogP contribution in [0.3, 0.4) is 0 Å². The van der Waals surface area contributed by atoms with E-state index in [1.54, 1.807) is 5.38 Å². The van der Waals surface area contributed by atoms with Crippen molar-refractivity contribution < 1.29 is 17.9 Å². The number of nitrogens with one attached hydrogen (secondary N) is 2. The molecule has 1 aromatic heterocycles. The van der Waals surface area contributed by atoms with Crippen molar-refractivity contribution in [2.24, 2.45) is 0 Å². The standard InChI is InChI=1S/C19H19N3O4S2/c1-2-26-17-6-4-3-5-15(17)13-21-18(23)14-7-9-16(10-8-14)28(24,25)22-19-20-11-12-27-19/h3-12H,2,13H2,1H3,(H,20,22)(H,21,23). The van der Waals surface area contributed by atoms with Gasteiger partial charge in [0.1, 0.15) is 5.75 Å². The first-order chi connectivity index (χ1) is 13.5. The van der Waals surface area contributed by atoms with Crippen LogP contribution in [0.1, 0.15) is 22.8 Å². The Morgan fingerprint density at radius 3 is 2.57 bits per heavy atom. The van der Waals surface area contributed by atoms with E-state index in [0.29, 0.717) is 18.7 Å². The molecule has 3 rings (SSSR count). The van der Waals surface area contributed by atoms with Crippen LogP contribution in [-0.4, -0.2) is 25.9 Å². The van der Waals surface area contributed by atoms with E-state index in [9.17, 15) is 13.2 Å². The predicted molar refractivity (Wildman–Crippen MR) is 108 cm³/mol.